The highest BCUT2D eigenvalue weighted by atomic mass is 32.2. The van der Waals surface area contributed by atoms with Crippen LogP contribution < -0.4 is 5.32 Å². The quantitative estimate of drug-likeness (QED) is 0.447. The maximum Gasteiger partial charge on any atom is 0.348 e. The third-order valence-corrected chi connectivity index (χ3v) is 6.19. The molecule has 2 aromatic heterocycles. The number of hydrogen-bond acceptors (Lipinski definition) is 7. The van der Waals surface area contributed by atoms with E-state index < -0.39 is 0 Å². The molecular weight excluding hydrogens is 408 g/mol. The van der Waals surface area contributed by atoms with Gasteiger partial charge in [-0.3, -0.25) is 9.36 Å². The first-order chi connectivity index (χ1) is 13.9. The maximum absolute atomic E-state index is 12.4. The number of thiophene rings is 1. The van der Waals surface area contributed by atoms with Gasteiger partial charge in [-0.05, 0) is 51.0 Å². The zero-order chi connectivity index (χ0) is 21.0. The Morgan fingerprint density at radius 3 is 2.66 bits per heavy atom. The third kappa shape index (κ3) is 4.86. The zero-order valence-corrected chi connectivity index (χ0v) is 18.3. The lowest BCUT2D eigenvalue weighted by Crippen LogP contribution is -2.13. The van der Waals surface area contributed by atoms with Crippen molar-refractivity contribution < 1.29 is 14.3 Å². The summed E-state index contributed by atoms with van der Waals surface area (Å²) in [5, 5.41) is 12.5. The number of nitrogens with one attached hydrogen (secondary N) is 1. The van der Waals surface area contributed by atoms with Crippen LogP contribution in [0.5, 0.6) is 0 Å². The molecule has 0 spiro atoms. The highest BCUT2D eigenvalue weighted by molar-refractivity contribution is 7.99. The Labute approximate surface area is 177 Å². The monoisotopic (exact) mass is 430 g/mol. The second-order valence-electron chi connectivity index (χ2n) is 6.33. The highest BCUT2D eigenvalue weighted by Crippen LogP contribution is 2.28. The fraction of sp³-hybridized carbons (Fsp3) is 0.300. The number of para-hydroxylation sites is 1. The molecule has 0 unspecified atom stereocenters. The van der Waals surface area contributed by atoms with E-state index >= 15 is 0 Å². The fourth-order valence-corrected chi connectivity index (χ4v) is 4.55. The predicted octanol–water partition coefficient (Wildman–Crippen LogP) is 4.16. The number of thioether (sulfide) groups is 1. The first-order valence-corrected chi connectivity index (χ1v) is 10.9. The molecule has 0 aliphatic heterocycles. The number of aryl methyl sites for hydroxylation is 3. The standard InChI is InChI=1S/C20H22N4O3S2/c1-5-27-19(26)18-13(3)10-17(29-18)21-16(25)11-28-20-23-22-14(4)24(20)15-9-7-6-8-12(15)2/h6-10H,5,11H2,1-4H3,(H,21,25). The Kier molecular flexibility index (Phi) is 6.71. The summed E-state index contributed by atoms with van der Waals surface area (Å²) >= 11 is 2.53. The predicted molar refractivity (Wildman–Crippen MR) is 115 cm³/mol. The molecule has 1 amide bonds. The summed E-state index contributed by atoms with van der Waals surface area (Å²) in [4.78, 5) is 24.9. The first kappa shape index (κ1) is 21.1. The van der Waals surface area contributed by atoms with Crippen LogP contribution in [0.4, 0.5) is 5.00 Å². The molecule has 1 aromatic carbocycles. The molecule has 9 heteroatoms. The van der Waals surface area contributed by atoms with Gasteiger partial charge in [-0.2, -0.15) is 0 Å². The van der Waals surface area contributed by atoms with Gasteiger partial charge in [0.2, 0.25) is 5.91 Å². The average Bonchev–Trinajstić information content (AvgIpc) is 3.23. The number of carbonyl (C=O) groups is 2. The number of hydrogen-bond donors (Lipinski definition) is 1. The fourth-order valence-electron chi connectivity index (χ4n) is 2.77. The van der Waals surface area contributed by atoms with E-state index in [1.54, 1.807) is 13.0 Å². The van der Waals surface area contributed by atoms with Crippen molar-refractivity contribution in [2.45, 2.75) is 32.9 Å². The maximum atomic E-state index is 12.4. The van der Waals surface area contributed by atoms with Crippen LogP contribution in [-0.2, 0) is 9.53 Å². The molecule has 0 aliphatic rings. The smallest absolute Gasteiger partial charge is 0.348 e. The van der Waals surface area contributed by atoms with Crippen molar-refractivity contribution in [3.8, 4) is 5.69 Å². The van der Waals surface area contributed by atoms with Gasteiger partial charge < -0.3 is 10.1 Å². The van der Waals surface area contributed by atoms with E-state index in [0.717, 1.165) is 22.6 Å². The second-order valence-corrected chi connectivity index (χ2v) is 8.33. The molecule has 7 nitrogen and oxygen atoms in total. The molecule has 3 aromatic rings. The lowest BCUT2D eigenvalue weighted by Gasteiger charge is -2.11. The summed E-state index contributed by atoms with van der Waals surface area (Å²) in [5.74, 6) is 0.390. The minimum atomic E-state index is -0.369. The Morgan fingerprint density at radius 2 is 1.93 bits per heavy atom. The summed E-state index contributed by atoms with van der Waals surface area (Å²) in [5.41, 5.74) is 2.87. The molecular formula is C20H22N4O3S2. The van der Waals surface area contributed by atoms with Crippen LogP contribution in [0.15, 0.2) is 35.5 Å². The van der Waals surface area contributed by atoms with Crippen molar-refractivity contribution in [2.24, 2.45) is 0 Å². The highest BCUT2D eigenvalue weighted by Gasteiger charge is 2.17. The van der Waals surface area contributed by atoms with Crippen molar-refractivity contribution in [1.82, 2.24) is 14.8 Å². The van der Waals surface area contributed by atoms with Gasteiger partial charge in [0, 0.05) is 0 Å². The Balaban J connectivity index is 1.68. The van der Waals surface area contributed by atoms with E-state index in [1.807, 2.05) is 49.6 Å². The van der Waals surface area contributed by atoms with E-state index in [0.29, 0.717) is 21.6 Å². The molecule has 2 heterocycles. The first-order valence-electron chi connectivity index (χ1n) is 9.09. The van der Waals surface area contributed by atoms with Gasteiger partial charge in [0.25, 0.3) is 0 Å². The number of carbonyl (C=O) groups excluding carboxylic acids is 2. The van der Waals surface area contributed by atoms with Crippen molar-refractivity contribution in [2.75, 3.05) is 17.7 Å². The van der Waals surface area contributed by atoms with E-state index in [2.05, 4.69) is 15.5 Å². The van der Waals surface area contributed by atoms with Gasteiger partial charge in [0.05, 0.1) is 23.0 Å². The summed E-state index contributed by atoms with van der Waals surface area (Å²) in [6.45, 7) is 7.80. The molecule has 29 heavy (non-hydrogen) atoms. The summed E-state index contributed by atoms with van der Waals surface area (Å²) in [7, 11) is 0. The average molecular weight is 431 g/mol. The minimum absolute atomic E-state index is 0.176. The molecule has 152 valence electrons. The van der Waals surface area contributed by atoms with Crippen LogP contribution in [0.1, 0.15) is 33.5 Å². The van der Waals surface area contributed by atoms with E-state index in [9.17, 15) is 9.59 Å². The van der Waals surface area contributed by atoms with Gasteiger partial charge >= 0.3 is 5.97 Å². The SMILES string of the molecule is CCOC(=O)c1sc(NC(=O)CSc2nnc(C)n2-c2ccccc2C)cc1C. The Bertz CT molecular complexity index is 1040. The van der Waals surface area contributed by atoms with Crippen LogP contribution in [0.25, 0.3) is 5.69 Å². The molecule has 3 rings (SSSR count). The molecule has 0 atom stereocenters. The number of ether oxygens (including phenoxy) is 1. The number of anilines is 1. The zero-order valence-electron chi connectivity index (χ0n) is 16.7. The van der Waals surface area contributed by atoms with Crippen LogP contribution in [0.2, 0.25) is 0 Å². The molecule has 0 aliphatic carbocycles. The molecule has 0 radical (unpaired) electrons. The van der Waals surface area contributed by atoms with E-state index in [1.165, 1.54) is 23.1 Å². The third-order valence-electron chi connectivity index (χ3n) is 4.13. The Morgan fingerprint density at radius 1 is 1.17 bits per heavy atom. The summed E-state index contributed by atoms with van der Waals surface area (Å²) < 4.78 is 6.98. The number of rotatable bonds is 7. The van der Waals surface area contributed by atoms with Crippen molar-refractivity contribution in [1.29, 1.82) is 0 Å². The van der Waals surface area contributed by atoms with Crippen LogP contribution in [0, 0.1) is 20.8 Å². The van der Waals surface area contributed by atoms with Crippen molar-refractivity contribution in [3.05, 3.63) is 52.2 Å². The number of esters is 1. The van der Waals surface area contributed by atoms with Crippen molar-refractivity contribution >= 4 is 40.0 Å². The van der Waals surface area contributed by atoms with Gasteiger partial charge in [0.1, 0.15) is 10.7 Å². The van der Waals surface area contributed by atoms with Crippen LogP contribution in [0.3, 0.4) is 0 Å². The van der Waals surface area contributed by atoms with Gasteiger partial charge in [-0.1, -0.05) is 30.0 Å². The van der Waals surface area contributed by atoms with Gasteiger partial charge in [-0.25, -0.2) is 4.79 Å². The number of nitrogens with zero attached hydrogens (tertiary/aromatic N) is 3. The second kappa shape index (κ2) is 9.23. The van der Waals surface area contributed by atoms with Crippen molar-refractivity contribution in [3.63, 3.8) is 0 Å². The minimum Gasteiger partial charge on any atom is -0.462 e. The lowest BCUT2D eigenvalue weighted by atomic mass is 10.2. The molecule has 0 bridgehead atoms. The van der Waals surface area contributed by atoms with Gasteiger partial charge in [0.15, 0.2) is 5.16 Å². The van der Waals surface area contributed by atoms with Crippen LogP contribution >= 0.6 is 23.1 Å². The summed E-state index contributed by atoms with van der Waals surface area (Å²) in [6, 6.07) is 9.74. The molecule has 0 saturated heterocycles. The van der Waals surface area contributed by atoms with Gasteiger partial charge in [-0.15, -0.1) is 21.5 Å². The van der Waals surface area contributed by atoms with Crippen LogP contribution in [-0.4, -0.2) is 39.0 Å². The normalized spacial score (nSPS) is 10.8. The topological polar surface area (TPSA) is 86.1 Å². The summed E-state index contributed by atoms with van der Waals surface area (Å²) in [6.07, 6.45) is 0. The number of amides is 1. The number of aromatic nitrogens is 3. The Hall–Kier alpha value is -2.65. The lowest BCUT2D eigenvalue weighted by molar-refractivity contribution is -0.113. The molecule has 1 N–H and O–H groups in total. The van der Waals surface area contributed by atoms with E-state index in [4.69, 9.17) is 4.74 Å². The molecule has 0 fully saturated rings. The largest absolute Gasteiger partial charge is 0.462 e. The van der Waals surface area contributed by atoms with E-state index in [-0.39, 0.29) is 17.6 Å². The number of benzene rings is 1. The molecule has 0 saturated carbocycles.